The Morgan fingerprint density at radius 2 is 1.82 bits per heavy atom. The molecule has 90 valence electrons. The Kier molecular flexibility index (Phi) is 4.21. The zero-order chi connectivity index (χ0) is 12.8. The van der Waals surface area contributed by atoms with Crippen LogP contribution in [0.25, 0.3) is 0 Å². The molecule has 0 bridgehead atoms. The number of rotatable bonds is 3. The van der Waals surface area contributed by atoms with Gasteiger partial charge in [0.15, 0.2) is 0 Å². The van der Waals surface area contributed by atoms with Gasteiger partial charge in [-0.1, -0.05) is 18.2 Å². The molecule has 1 aromatic carbocycles. The summed E-state index contributed by atoms with van der Waals surface area (Å²) >= 11 is 0. The summed E-state index contributed by atoms with van der Waals surface area (Å²) in [6.45, 7) is 0.599. The standard InChI is InChI=1S/C11H12N2O4/c1-8(14)13(7-10(15)16)12-11(17)9-5-3-2-4-6-9/h2-6H,7H2,1H3,(H,12,17)(H,15,16). The smallest absolute Gasteiger partial charge is 0.325 e. The van der Waals surface area contributed by atoms with E-state index in [2.05, 4.69) is 5.43 Å². The van der Waals surface area contributed by atoms with Crippen molar-refractivity contribution in [3.63, 3.8) is 0 Å². The predicted octanol–water partition coefficient (Wildman–Crippen LogP) is 0.264. The van der Waals surface area contributed by atoms with Crippen LogP contribution < -0.4 is 5.43 Å². The molecule has 0 fully saturated rings. The zero-order valence-electron chi connectivity index (χ0n) is 9.21. The summed E-state index contributed by atoms with van der Waals surface area (Å²) < 4.78 is 0. The number of amides is 2. The van der Waals surface area contributed by atoms with Gasteiger partial charge < -0.3 is 5.11 Å². The second-order valence-corrected chi connectivity index (χ2v) is 3.31. The zero-order valence-corrected chi connectivity index (χ0v) is 9.21. The molecule has 0 heterocycles. The number of carboxylic acid groups (broad SMARTS) is 1. The highest BCUT2D eigenvalue weighted by Gasteiger charge is 2.16. The average Bonchev–Trinajstić information content (AvgIpc) is 2.28. The number of benzene rings is 1. The number of hydrazine groups is 1. The van der Waals surface area contributed by atoms with Crippen LogP contribution in [0.1, 0.15) is 17.3 Å². The fourth-order valence-corrected chi connectivity index (χ4v) is 1.14. The Balaban J connectivity index is 2.71. The largest absolute Gasteiger partial charge is 0.480 e. The molecular weight excluding hydrogens is 224 g/mol. The van der Waals surface area contributed by atoms with E-state index in [1.54, 1.807) is 30.3 Å². The molecule has 0 aliphatic carbocycles. The summed E-state index contributed by atoms with van der Waals surface area (Å²) in [6, 6.07) is 8.22. The molecule has 0 atom stereocenters. The van der Waals surface area contributed by atoms with Crippen molar-refractivity contribution >= 4 is 17.8 Å². The monoisotopic (exact) mass is 236 g/mol. The molecule has 17 heavy (non-hydrogen) atoms. The summed E-state index contributed by atoms with van der Waals surface area (Å²) in [4.78, 5) is 33.2. The van der Waals surface area contributed by atoms with Gasteiger partial charge in [-0.15, -0.1) is 0 Å². The van der Waals surface area contributed by atoms with Gasteiger partial charge in [-0.25, -0.2) is 5.01 Å². The minimum Gasteiger partial charge on any atom is -0.480 e. The van der Waals surface area contributed by atoms with E-state index in [0.717, 1.165) is 5.01 Å². The maximum atomic E-state index is 11.6. The second kappa shape index (κ2) is 5.64. The van der Waals surface area contributed by atoms with Crippen molar-refractivity contribution in [1.29, 1.82) is 0 Å². The molecule has 6 nitrogen and oxygen atoms in total. The quantitative estimate of drug-likeness (QED) is 0.737. The van der Waals surface area contributed by atoms with Gasteiger partial charge in [0.1, 0.15) is 6.54 Å². The number of carboxylic acids is 1. The van der Waals surface area contributed by atoms with Crippen LogP contribution in [-0.4, -0.2) is 34.4 Å². The number of carbonyl (C=O) groups excluding carboxylic acids is 2. The molecule has 1 rings (SSSR count). The van der Waals surface area contributed by atoms with Crippen LogP contribution in [-0.2, 0) is 9.59 Å². The Bertz CT molecular complexity index is 430. The molecule has 2 N–H and O–H groups in total. The number of hydrogen-bond donors (Lipinski definition) is 2. The van der Waals surface area contributed by atoms with Gasteiger partial charge in [-0.05, 0) is 12.1 Å². The van der Waals surface area contributed by atoms with Crippen molar-refractivity contribution in [3.05, 3.63) is 35.9 Å². The molecule has 0 unspecified atom stereocenters. The first kappa shape index (κ1) is 12.7. The van der Waals surface area contributed by atoms with Gasteiger partial charge in [0.25, 0.3) is 5.91 Å². The van der Waals surface area contributed by atoms with Crippen LogP contribution in [0, 0.1) is 0 Å². The van der Waals surface area contributed by atoms with Gasteiger partial charge in [-0.3, -0.25) is 19.8 Å². The van der Waals surface area contributed by atoms with E-state index < -0.39 is 24.3 Å². The van der Waals surface area contributed by atoms with E-state index >= 15 is 0 Å². The molecule has 0 aromatic heterocycles. The molecule has 0 saturated heterocycles. The summed E-state index contributed by atoms with van der Waals surface area (Å²) in [7, 11) is 0. The van der Waals surface area contributed by atoms with Crippen molar-refractivity contribution in [1.82, 2.24) is 10.4 Å². The van der Waals surface area contributed by atoms with Crippen molar-refractivity contribution in [2.75, 3.05) is 6.54 Å². The number of carbonyl (C=O) groups is 3. The lowest BCUT2D eigenvalue weighted by Crippen LogP contribution is -2.47. The summed E-state index contributed by atoms with van der Waals surface area (Å²) in [5.74, 6) is -2.27. The van der Waals surface area contributed by atoms with Gasteiger partial charge in [0.05, 0.1) is 0 Å². The molecule has 0 radical (unpaired) electrons. The third-order valence-corrected chi connectivity index (χ3v) is 1.95. The molecule has 1 aromatic rings. The third kappa shape index (κ3) is 3.94. The average molecular weight is 236 g/mol. The van der Waals surface area contributed by atoms with E-state index in [1.807, 2.05) is 0 Å². The normalized spacial score (nSPS) is 9.47. The third-order valence-electron chi connectivity index (χ3n) is 1.95. The minimum atomic E-state index is -1.20. The number of nitrogens with one attached hydrogen (secondary N) is 1. The molecule has 0 aliphatic rings. The summed E-state index contributed by atoms with van der Waals surface area (Å²) in [5, 5.41) is 9.32. The number of hydrogen-bond acceptors (Lipinski definition) is 3. The fourth-order valence-electron chi connectivity index (χ4n) is 1.14. The van der Waals surface area contributed by atoms with Crippen LogP contribution in [0.5, 0.6) is 0 Å². The molecular formula is C11H12N2O4. The van der Waals surface area contributed by atoms with Gasteiger partial charge in [-0.2, -0.15) is 0 Å². The maximum absolute atomic E-state index is 11.6. The highest BCUT2D eigenvalue weighted by Crippen LogP contribution is 1.98. The molecule has 0 aliphatic heterocycles. The minimum absolute atomic E-state index is 0.351. The lowest BCUT2D eigenvalue weighted by molar-refractivity contribution is -0.145. The van der Waals surface area contributed by atoms with Crippen LogP contribution in [0.2, 0.25) is 0 Å². The summed E-state index contributed by atoms with van der Waals surface area (Å²) in [6.07, 6.45) is 0. The Hall–Kier alpha value is -2.37. The molecule has 0 spiro atoms. The van der Waals surface area contributed by atoms with Crippen LogP contribution in [0.15, 0.2) is 30.3 Å². The van der Waals surface area contributed by atoms with Gasteiger partial charge in [0.2, 0.25) is 5.91 Å². The number of aliphatic carboxylic acids is 1. The van der Waals surface area contributed by atoms with E-state index in [4.69, 9.17) is 5.11 Å². The molecule has 2 amide bonds. The SMILES string of the molecule is CC(=O)N(CC(=O)O)NC(=O)c1ccccc1. The highest BCUT2D eigenvalue weighted by molar-refractivity contribution is 5.95. The van der Waals surface area contributed by atoms with Crippen molar-refractivity contribution in [3.8, 4) is 0 Å². The van der Waals surface area contributed by atoms with E-state index in [0.29, 0.717) is 5.56 Å². The predicted molar refractivity (Wildman–Crippen MR) is 58.9 cm³/mol. The van der Waals surface area contributed by atoms with Crippen LogP contribution in [0.3, 0.4) is 0 Å². The fraction of sp³-hybridized carbons (Fsp3) is 0.182. The van der Waals surface area contributed by atoms with E-state index in [1.165, 1.54) is 6.92 Å². The maximum Gasteiger partial charge on any atom is 0.325 e. The molecule has 0 saturated carbocycles. The lowest BCUT2D eigenvalue weighted by Gasteiger charge is -2.19. The Labute approximate surface area is 97.8 Å². The Morgan fingerprint density at radius 1 is 1.24 bits per heavy atom. The first-order valence-electron chi connectivity index (χ1n) is 4.86. The Morgan fingerprint density at radius 3 is 2.29 bits per heavy atom. The van der Waals surface area contributed by atoms with Crippen molar-refractivity contribution in [2.24, 2.45) is 0 Å². The lowest BCUT2D eigenvalue weighted by atomic mass is 10.2. The highest BCUT2D eigenvalue weighted by atomic mass is 16.4. The van der Waals surface area contributed by atoms with Crippen molar-refractivity contribution in [2.45, 2.75) is 6.92 Å². The second-order valence-electron chi connectivity index (χ2n) is 3.31. The van der Waals surface area contributed by atoms with Gasteiger partial charge in [0, 0.05) is 12.5 Å². The van der Waals surface area contributed by atoms with Crippen LogP contribution in [0.4, 0.5) is 0 Å². The van der Waals surface area contributed by atoms with Crippen LogP contribution >= 0.6 is 0 Å². The topological polar surface area (TPSA) is 86.7 Å². The van der Waals surface area contributed by atoms with Crippen molar-refractivity contribution < 1.29 is 19.5 Å². The molecule has 6 heteroatoms. The first-order valence-corrected chi connectivity index (χ1v) is 4.86. The number of nitrogens with zero attached hydrogens (tertiary/aromatic N) is 1. The van der Waals surface area contributed by atoms with E-state index in [-0.39, 0.29) is 0 Å². The van der Waals surface area contributed by atoms with E-state index in [9.17, 15) is 14.4 Å². The first-order chi connectivity index (χ1) is 8.00. The van der Waals surface area contributed by atoms with Gasteiger partial charge >= 0.3 is 5.97 Å². The summed E-state index contributed by atoms with van der Waals surface area (Å²) in [5.41, 5.74) is 2.58.